The molecule has 2 aromatic heterocycles. The summed E-state index contributed by atoms with van der Waals surface area (Å²) in [6.07, 6.45) is 7.03. The van der Waals surface area contributed by atoms with Crippen LogP contribution in [0.2, 0.25) is 0 Å². The van der Waals surface area contributed by atoms with E-state index in [1.807, 2.05) is 6.07 Å². The summed E-state index contributed by atoms with van der Waals surface area (Å²) >= 11 is 0. The van der Waals surface area contributed by atoms with Crippen molar-refractivity contribution < 1.29 is 28.8 Å². The Balaban J connectivity index is 0.934. The van der Waals surface area contributed by atoms with Crippen molar-refractivity contribution in [2.75, 3.05) is 26.0 Å². The number of rotatable bonds is 9. The molecule has 14 nitrogen and oxygen atoms in total. The standard InChI is InChI=1S/C39H38N8O6/c1-45(2)37(52)30-21-25-22-41-39(44-33(25)46(30)27-11-5-6-12-27)42-26-16-14-24(15-17-26)34(49)40-20-7-3-4-9-23-10-8-13-28-32(23)38(53)47(36(28)51)29-18-19-31(48)43-35(29)50/h8,10,13-17,21-22,27,29H,3,5-7,11-12,18-20H2,1-2H3,(H,40,49)(H,41,42,44)(H,43,48,50). The molecule has 14 heteroatoms. The van der Waals surface area contributed by atoms with Crippen molar-refractivity contribution in [3.63, 3.8) is 0 Å². The minimum Gasteiger partial charge on any atom is -0.352 e. The number of unbranched alkanes of at least 4 members (excludes halogenated alkanes) is 1. The van der Waals surface area contributed by atoms with Gasteiger partial charge in [0.1, 0.15) is 17.4 Å². The van der Waals surface area contributed by atoms with Gasteiger partial charge in [-0.15, -0.1) is 0 Å². The zero-order valence-electron chi connectivity index (χ0n) is 29.4. The lowest BCUT2D eigenvalue weighted by atomic mass is 10.0. The second-order valence-electron chi connectivity index (χ2n) is 13.5. The second kappa shape index (κ2) is 14.7. The molecule has 3 N–H and O–H groups in total. The SMILES string of the molecule is CN(C)C(=O)c1cc2cnc(Nc3ccc(C(=O)NCCCC#Cc4cccc5c4C(=O)N(C4CCC(=O)NC4=O)C5=O)cc3)nc2n1C1CCCC1. The number of piperidine rings is 1. The van der Waals surface area contributed by atoms with Gasteiger partial charge in [0, 0.05) is 67.9 Å². The Morgan fingerprint density at radius 2 is 1.77 bits per heavy atom. The maximum atomic E-state index is 13.3. The molecule has 2 fully saturated rings. The number of nitrogens with one attached hydrogen (secondary N) is 3. The van der Waals surface area contributed by atoms with Crippen LogP contribution in [0.3, 0.4) is 0 Å². The van der Waals surface area contributed by atoms with E-state index in [9.17, 15) is 28.8 Å². The summed E-state index contributed by atoms with van der Waals surface area (Å²) in [6, 6.07) is 12.8. The number of nitrogens with zero attached hydrogens (tertiary/aromatic N) is 5. The van der Waals surface area contributed by atoms with Gasteiger partial charge in [0.15, 0.2) is 0 Å². The molecule has 7 rings (SSSR count). The van der Waals surface area contributed by atoms with Gasteiger partial charge in [0.25, 0.3) is 23.6 Å². The van der Waals surface area contributed by atoms with Crippen molar-refractivity contribution in [1.29, 1.82) is 0 Å². The highest BCUT2D eigenvalue weighted by atomic mass is 16.2. The lowest BCUT2D eigenvalue weighted by molar-refractivity contribution is -0.136. The largest absolute Gasteiger partial charge is 0.352 e. The number of aromatic nitrogens is 3. The number of anilines is 2. The monoisotopic (exact) mass is 714 g/mol. The molecule has 53 heavy (non-hydrogen) atoms. The molecule has 1 saturated carbocycles. The van der Waals surface area contributed by atoms with Gasteiger partial charge < -0.3 is 20.1 Å². The average molecular weight is 715 g/mol. The van der Waals surface area contributed by atoms with Crippen LogP contribution >= 0.6 is 0 Å². The number of amides is 6. The van der Waals surface area contributed by atoms with Gasteiger partial charge in [-0.1, -0.05) is 30.7 Å². The summed E-state index contributed by atoms with van der Waals surface area (Å²) in [6.45, 7) is 0.369. The molecule has 270 valence electrons. The van der Waals surface area contributed by atoms with E-state index in [-0.39, 0.29) is 41.8 Å². The van der Waals surface area contributed by atoms with Crippen LogP contribution in [-0.4, -0.2) is 86.5 Å². The third kappa shape index (κ3) is 6.97. The fraction of sp³-hybridized carbons (Fsp3) is 0.333. The van der Waals surface area contributed by atoms with Crippen LogP contribution in [0.4, 0.5) is 11.6 Å². The van der Waals surface area contributed by atoms with E-state index in [1.54, 1.807) is 61.6 Å². The molecule has 1 aliphatic carbocycles. The molecule has 1 unspecified atom stereocenters. The third-order valence-corrected chi connectivity index (χ3v) is 9.75. The van der Waals surface area contributed by atoms with E-state index in [0.29, 0.717) is 53.5 Å². The van der Waals surface area contributed by atoms with Gasteiger partial charge >= 0.3 is 0 Å². The highest BCUT2D eigenvalue weighted by Gasteiger charge is 2.45. The molecule has 2 aliphatic heterocycles. The quantitative estimate of drug-likeness (QED) is 0.132. The van der Waals surface area contributed by atoms with Crippen molar-refractivity contribution in [3.05, 3.63) is 82.7 Å². The first-order valence-electron chi connectivity index (χ1n) is 17.7. The Bertz CT molecular complexity index is 2230. The van der Waals surface area contributed by atoms with E-state index >= 15 is 0 Å². The maximum Gasteiger partial charge on any atom is 0.270 e. The molecule has 4 aromatic rings. The minimum atomic E-state index is -1.04. The first kappa shape index (κ1) is 35.1. The second-order valence-corrected chi connectivity index (χ2v) is 13.5. The van der Waals surface area contributed by atoms with E-state index in [4.69, 9.17) is 4.98 Å². The van der Waals surface area contributed by atoms with Gasteiger partial charge in [-0.2, -0.15) is 4.98 Å². The number of hydrogen-bond acceptors (Lipinski definition) is 9. The lowest BCUT2D eigenvalue weighted by Crippen LogP contribution is -2.54. The molecule has 1 atom stereocenters. The minimum absolute atomic E-state index is 0.0438. The van der Waals surface area contributed by atoms with Gasteiger partial charge in [-0.25, -0.2) is 4.98 Å². The highest BCUT2D eigenvalue weighted by Crippen LogP contribution is 2.35. The summed E-state index contributed by atoms with van der Waals surface area (Å²) in [5, 5.41) is 9.10. The molecular formula is C39H38N8O6. The van der Waals surface area contributed by atoms with E-state index < -0.39 is 29.7 Å². The summed E-state index contributed by atoms with van der Waals surface area (Å²) in [5.74, 6) is 3.78. The number of benzene rings is 2. The Morgan fingerprint density at radius 1 is 1.00 bits per heavy atom. The number of carbonyl (C=O) groups excluding carboxylic acids is 6. The Morgan fingerprint density at radius 3 is 2.51 bits per heavy atom. The number of imide groups is 2. The number of hydrogen-bond donors (Lipinski definition) is 3. The van der Waals surface area contributed by atoms with Gasteiger partial charge in [0.05, 0.1) is 11.1 Å². The Kier molecular flexibility index (Phi) is 9.73. The summed E-state index contributed by atoms with van der Waals surface area (Å²) in [5.41, 5.74) is 3.21. The van der Waals surface area contributed by atoms with Crippen LogP contribution in [0.25, 0.3) is 11.0 Å². The van der Waals surface area contributed by atoms with Crippen molar-refractivity contribution in [1.82, 2.24) is 35.0 Å². The van der Waals surface area contributed by atoms with E-state index in [1.165, 1.54) is 6.07 Å². The molecule has 0 bridgehead atoms. The zero-order chi connectivity index (χ0) is 37.2. The van der Waals surface area contributed by atoms with Crippen LogP contribution < -0.4 is 16.0 Å². The van der Waals surface area contributed by atoms with Gasteiger partial charge in [-0.05, 0) is 68.1 Å². The highest BCUT2D eigenvalue weighted by molar-refractivity contribution is 6.24. The molecule has 0 radical (unpaired) electrons. The average Bonchev–Trinajstić information content (AvgIpc) is 3.87. The van der Waals surface area contributed by atoms with Crippen LogP contribution in [0.5, 0.6) is 0 Å². The fourth-order valence-corrected chi connectivity index (χ4v) is 7.09. The van der Waals surface area contributed by atoms with Crippen LogP contribution in [0.15, 0.2) is 54.7 Å². The van der Waals surface area contributed by atoms with Gasteiger partial charge in [0.2, 0.25) is 17.8 Å². The number of fused-ring (bicyclic) bond motifs is 2. The molecule has 6 amide bonds. The predicted octanol–water partition coefficient (Wildman–Crippen LogP) is 3.95. The van der Waals surface area contributed by atoms with Crippen LogP contribution in [-0.2, 0) is 9.59 Å². The molecular weight excluding hydrogens is 676 g/mol. The summed E-state index contributed by atoms with van der Waals surface area (Å²) in [4.78, 5) is 87.8. The summed E-state index contributed by atoms with van der Waals surface area (Å²) < 4.78 is 2.06. The molecule has 2 aromatic carbocycles. The Labute approximate surface area is 305 Å². The van der Waals surface area contributed by atoms with Crippen LogP contribution in [0.1, 0.15) is 105 Å². The molecule has 3 aliphatic rings. The van der Waals surface area contributed by atoms with Crippen molar-refractivity contribution >= 4 is 58.1 Å². The van der Waals surface area contributed by atoms with E-state index in [2.05, 4.69) is 37.3 Å². The Hall–Kier alpha value is -6.36. The summed E-state index contributed by atoms with van der Waals surface area (Å²) in [7, 11) is 3.49. The molecule has 4 heterocycles. The van der Waals surface area contributed by atoms with Crippen LogP contribution in [0, 0.1) is 11.8 Å². The normalized spacial score (nSPS) is 17.0. The van der Waals surface area contributed by atoms with E-state index in [0.717, 1.165) is 36.0 Å². The lowest BCUT2D eigenvalue weighted by Gasteiger charge is -2.27. The zero-order valence-corrected chi connectivity index (χ0v) is 29.4. The smallest absolute Gasteiger partial charge is 0.270 e. The molecule has 0 spiro atoms. The first-order valence-corrected chi connectivity index (χ1v) is 17.7. The van der Waals surface area contributed by atoms with Crippen molar-refractivity contribution in [3.8, 4) is 11.8 Å². The van der Waals surface area contributed by atoms with Gasteiger partial charge in [-0.3, -0.25) is 39.0 Å². The van der Waals surface area contributed by atoms with Crippen molar-refractivity contribution in [2.45, 2.75) is 63.5 Å². The first-order chi connectivity index (χ1) is 25.6. The van der Waals surface area contributed by atoms with Crippen molar-refractivity contribution in [2.24, 2.45) is 0 Å². The topological polar surface area (TPSA) is 176 Å². The number of carbonyl (C=O) groups is 6. The third-order valence-electron chi connectivity index (χ3n) is 9.75. The predicted molar refractivity (Wildman–Crippen MR) is 194 cm³/mol. The molecule has 1 saturated heterocycles. The maximum absolute atomic E-state index is 13.3. The fourth-order valence-electron chi connectivity index (χ4n) is 7.09.